The maximum atomic E-state index is 12.6. The highest BCUT2D eigenvalue weighted by Crippen LogP contribution is 2.18. The second-order valence-electron chi connectivity index (χ2n) is 5.81. The molecule has 0 spiro atoms. The Labute approximate surface area is 137 Å². The quantitative estimate of drug-likeness (QED) is 0.890. The molecule has 128 valence electrons. The number of carbonyl (C=O) groups is 1. The van der Waals surface area contributed by atoms with E-state index in [0.717, 1.165) is 24.0 Å². The Morgan fingerprint density at radius 3 is 2.91 bits per heavy atom. The molecule has 1 aliphatic rings. The van der Waals surface area contributed by atoms with Crippen LogP contribution in [0.25, 0.3) is 0 Å². The molecule has 1 amide bonds. The Bertz CT molecular complexity index is 645. The number of rotatable bonds is 5. The van der Waals surface area contributed by atoms with E-state index in [2.05, 4.69) is 5.32 Å². The van der Waals surface area contributed by atoms with Gasteiger partial charge in [-0.15, -0.1) is 0 Å². The molecule has 1 aromatic carbocycles. The predicted octanol–water partition coefficient (Wildman–Crippen LogP) is 2.04. The standard InChI is InChI=1S/C16H24N2O4S/c1-3-22-16(19)17-15-8-5-9-18(11-15)23(20,21)12-14-7-4-6-13(2)10-14/h4,6-7,10,15H,3,5,8-9,11-12H2,1-2H3,(H,17,19). The number of benzene rings is 1. The lowest BCUT2D eigenvalue weighted by molar-refractivity contribution is 0.142. The van der Waals surface area contributed by atoms with Gasteiger partial charge in [0.05, 0.1) is 12.4 Å². The molecule has 1 aromatic rings. The summed E-state index contributed by atoms with van der Waals surface area (Å²) >= 11 is 0. The van der Waals surface area contributed by atoms with Gasteiger partial charge in [0.2, 0.25) is 10.0 Å². The molecule has 6 nitrogen and oxygen atoms in total. The molecule has 1 N–H and O–H groups in total. The highest BCUT2D eigenvalue weighted by molar-refractivity contribution is 7.88. The smallest absolute Gasteiger partial charge is 0.407 e. The molecule has 0 aromatic heterocycles. The zero-order chi connectivity index (χ0) is 16.9. The molecule has 0 aliphatic carbocycles. The van der Waals surface area contributed by atoms with Gasteiger partial charge in [0, 0.05) is 19.1 Å². The van der Waals surface area contributed by atoms with Crippen LogP contribution in [-0.2, 0) is 20.5 Å². The van der Waals surface area contributed by atoms with Crippen molar-refractivity contribution in [3.05, 3.63) is 35.4 Å². The Hall–Kier alpha value is -1.60. The van der Waals surface area contributed by atoms with E-state index in [-0.39, 0.29) is 11.8 Å². The fraction of sp³-hybridized carbons (Fsp3) is 0.562. The van der Waals surface area contributed by atoms with Gasteiger partial charge >= 0.3 is 6.09 Å². The van der Waals surface area contributed by atoms with E-state index in [1.165, 1.54) is 4.31 Å². The summed E-state index contributed by atoms with van der Waals surface area (Å²) in [6.45, 7) is 4.77. The van der Waals surface area contributed by atoms with Gasteiger partial charge in [-0.2, -0.15) is 4.31 Å². The van der Waals surface area contributed by atoms with Crippen LogP contribution in [0.3, 0.4) is 0 Å². The van der Waals surface area contributed by atoms with Gasteiger partial charge in [0.25, 0.3) is 0 Å². The van der Waals surface area contributed by atoms with Crippen LogP contribution in [0.5, 0.6) is 0 Å². The molecule has 1 saturated heterocycles. The Morgan fingerprint density at radius 2 is 2.22 bits per heavy atom. The number of ether oxygens (including phenoxy) is 1. The van der Waals surface area contributed by atoms with Crippen molar-refractivity contribution in [2.24, 2.45) is 0 Å². The monoisotopic (exact) mass is 340 g/mol. The molecule has 1 fully saturated rings. The van der Waals surface area contributed by atoms with E-state index in [4.69, 9.17) is 4.74 Å². The first-order valence-electron chi connectivity index (χ1n) is 7.87. The van der Waals surface area contributed by atoms with Crippen molar-refractivity contribution in [1.29, 1.82) is 0 Å². The molecule has 1 atom stereocenters. The normalized spacial score (nSPS) is 19.3. The first kappa shape index (κ1) is 17.7. The van der Waals surface area contributed by atoms with Crippen LogP contribution < -0.4 is 5.32 Å². The SMILES string of the molecule is CCOC(=O)NC1CCCN(S(=O)(=O)Cc2cccc(C)c2)C1. The summed E-state index contributed by atoms with van der Waals surface area (Å²) in [7, 11) is -3.39. The minimum atomic E-state index is -3.39. The average Bonchev–Trinajstić information content (AvgIpc) is 2.47. The van der Waals surface area contributed by atoms with Crippen molar-refractivity contribution in [1.82, 2.24) is 9.62 Å². The van der Waals surface area contributed by atoms with Gasteiger partial charge < -0.3 is 10.1 Å². The van der Waals surface area contributed by atoms with Crippen molar-refractivity contribution in [2.45, 2.75) is 38.5 Å². The van der Waals surface area contributed by atoms with Gasteiger partial charge in [-0.05, 0) is 32.3 Å². The number of hydrogen-bond acceptors (Lipinski definition) is 4. The second kappa shape index (κ2) is 7.79. The number of aryl methyl sites for hydroxylation is 1. The molecule has 1 heterocycles. The van der Waals surface area contributed by atoms with Crippen molar-refractivity contribution < 1.29 is 17.9 Å². The molecular weight excluding hydrogens is 316 g/mol. The molecule has 2 rings (SSSR count). The number of nitrogens with zero attached hydrogens (tertiary/aromatic N) is 1. The summed E-state index contributed by atoms with van der Waals surface area (Å²) in [5.74, 6) is -0.0131. The first-order chi connectivity index (χ1) is 10.9. The van der Waals surface area contributed by atoms with Crippen molar-refractivity contribution in [3.8, 4) is 0 Å². The van der Waals surface area contributed by atoms with Gasteiger partial charge in [-0.1, -0.05) is 29.8 Å². The first-order valence-corrected chi connectivity index (χ1v) is 9.48. The third-order valence-electron chi connectivity index (χ3n) is 3.81. The topological polar surface area (TPSA) is 75.7 Å². The van der Waals surface area contributed by atoms with Crippen LogP contribution in [0.2, 0.25) is 0 Å². The zero-order valence-electron chi connectivity index (χ0n) is 13.6. The fourth-order valence-corrected chi connectivity index (χ4v) is 4.35. The van der Waals surface area contributed by atoms with Crippen LogP contribution >= 0.6 is 0 Å². The van der Waals surface area contributed by atoms with Crippen LogP contribution in [0.15, 0.2) is 24.3 Å². The van der Waals surface area contributed by atoms with E-state index < -0.39 is 16.1 Å². The largest absolute Gasteiger partial charge is 0.450 e. The number of amides is 1. The molecule has 0 bridgehead atoms. The number of piperidine rings is 1. The van der Waals surface area contributed by atoms with Gasteiger partial charge in [-0.3, -0.25) is 0 Å². The Kier molecular flexibility index (Phi) is 6.01. The van der Waals surface area contributed by atoms with E-state index >= 15 is 0 Å². The lowest BCUT2D eigenvalue weighted by Gasteiger charge is -2.32. The highest BCUT2D eigenvalue weighted by Gasteiger charge is 2.29. The van der Waals surface area contributed by atoms with Crippen molar-refractivity contribution >= 4 is 16.1 Å². The molecule has 1 unspecified atom stereocenters. The molecule has 23 heavy (non-hydrogen) atoms. The Morgan fingerprint density at radius 1 is 1.43 bits per heavy atom. The Balaban J connectivity index is 2.00. The number of alkyl carbamates (subject to hydrolysis) is 1. The van der Waals surface area contributed by atoms with Crippen LogP contribution in [0, 0.1) is 6.92 Å². The lowest BCUT2D eigenvalue weighted by Crippen LogP contribution is -2.49. The molecule has 0 saturated carbocycles. The van der Waals surface area contributed by atoms with Crippen LogP contribution in [0.4, 0.5) is 4.79 Å². The number of sulfonamides is 1. The minimum Gasteiger partial charge on any atom is -0.450 e. The second-order valence-corrected chi connectivity index (χ2v) is 7.78. The predicted molar refractivity (Wildman–Crippen MR) is 88.6 cm³/mol. The highest BCUT2D eigenvalue weighted by atomic mass is 32.2. The minimum absolute atomic E-state index is 0.0131. The van der Waals surface area contributed by atoms with Crippen molar-refractivity contribution in [3.63, 3.8) is 0 Å². The van der Waals surface area contributed by atoms with Gasteiger partial charge in [0.1, 0.15) is 0 Å². The number of hydrogen-bond donors (Lipinski definition) is 1. The van der Waals surface area contributed by atoms with E-state index in [1.54, 1.807) is 6.92 Å². The van der Waals surface area contributed by atoms with E-state index in [1.807, 2.05) is 31.2 Å². The maximum absolute atomic E-state index is 12.6. The van der Waals surface area contributed by atoms with Crippen molar-refractivity contribution in [2.75, 3.05) is 19.7 Å². The lowest BCUT2D eigenvalue weighted by atomic mass is 10.1. The summed E-state index contributed by atoms with van der Waals surface area (Å²) in [4.78, 5) is 11.5. The summed E-state index contributed by atoms with van der Waals surface area (Å²) in [5, 5.41) is 2.73. The third kappa shape index (κ3) is 5.21. The van der Waals surface area contributed by atoms with Crippen LogP contribution in [-0.4, -0.2) is 44.6 Å². The maximum Gasteiger partial charge on any atom is 0.407 e. The van der Waals surface area contributed by atoms with Crippen LogP contribution in [0.1, 0.15) is 30.9 Å². The summed E-state index contributed by atoms with van der Waals surface area (Å²) < 4.78 is 31.5. The average molecular weight is 340 g/mol. The molecule has 1 aliphatic heterocycles. The van der Waals surface area contributed by atoms with Gasteiger partial charge in [0.15, 0.2) is 0 Å². The fourth-order valence-electron chi connectivity index (χ4n) is 2.76. The molecule has 7 heteroatoms. The molecular formula is C16H24N2O4S. The zero-order valence-corrected chi connectivity index (χ0v) is 14.4. The third-order valence-corrected chi connectivity index (χ3v) is 5.62. The van der Waals surface area contributed by atoms with E-state index in [0.29, 0.717) is 19.7 Å². The summed E-state index contributed by atoms with van der Waals surface area (Å²) in [6, 6.07) is 7.31. The number of carbonyl (C=O) groups excluding carboxylic acids is 1. The van der Waals surface area contributed by atoms with Gasteiger partial charge in [-0.25, -0.2) is 13.2 Å². The summed E-state index contributed by atoms with van der Waals surface area (Å²) in [6.07, 6.45) is 0.995. The van der Waals surface area contributed by atoms with E-state index in [9.17, 15) is 13.2 Å². The molecule has 0 radical (unpaired) electrons. The summed E-state index contributed by atoms with van der Waals surface area (Å²) in [5.41, 5.74) is 1.82. The number of nitrogens with one attached hydrogen (secondary N) is 1.